The van der Waals surface area contributed by atoms with Crippen molar-refractivity contribution < 1.29 is 8.78 Å². The lowest BCUT2D eigenvalue weighted by Crippen LogP contribution is -2.24. The van der Waals surface area contributed by atoms with E-state index in [4.69, 9.17) is 13.1 Å². The van der Waals surface area contributed by atoms with Crippen LogP contribution in [0.15, 0.2) is 60.0 Å². The van der Waals surface area contributed by atoms with Gasteiger partial charge in [-0.25, -0.2) is 28.7 Å². The molecular formula is C26H10F2N8. The second kappa shape index (κ2) is 8.65. The fourth-order valence-electron chi connectivity index (χ4n) is 4.69. The molecule has 2 aliphatic rings. The van der Waals surface area contributed by atoms with E-state index in [0.29, 0.717) is 22.3 Å². The van der Waals surface area contributed by atoms with Gasteiger partial charge < -0.3 is 0 Å². The number of nitriles is 2. The van der Waals surface area contributed by atoms with Gasteiger partial charge in [0, 0.05) is 64.8 Å². The van der Waals surface area contributed by atoms with E-state index in [1.54, 1.807) is 12.1 Å². The highest BCUT2D eigenvalue weighted by atomic mass is 19.1. The van der Waals surface area contributed by atoms with Gasteiger partial charge in [0.05, 0.1) is 5.57 Å². The fraction of sp³-hybridized carbons (Fsp3) is 0.0769. The molecular weight excluding hydrogens is 462 g/mol. The van der Waals surface area contributed by atoms with Crippen LogP contribution in [-0.4, -0.2) is 19.9 Å². The van der Waals surface area contributed by atoms with Crippen LogP contribution in [0.4, 0.5) is 8.78 Å². The highest BCUT2D eigenvalue weighted by Crippen LogP contribution is 2.39. The predicted molar refractivity (Wildman–Crippen MR) is 123 cm³/mol. The Bertz CT molecular complexity index is 1660. The van der Waals surface area contributed by atoms with Crippen molar-refractivity contribution in [3.8, 4) is 34.4 Å². The number of benzene rings is 1. The molecule has 0 saturated heterocycles. The number of hydrogen-bond donors (Lipinski definition) is 0. The van der Waals surface area contributed by atoms with E-state index in [1.165, 1.54) is 37.4 Å². The standard InChI is InChI=1S/C26H10F2N8/c1-31-26(32-2)19-4-18-21(15-9-35-12-36-10-15)22-17(3-16(24(22)27)13(5-29)6-30)20(23(18)25(19)28)14-7-33-11-34-8-14/h7-12H,3-4H2. The van der Waals surface area contributed by atoms with E-state index in [0.717, 1.165) is 0 Å². The predicted octanol–water partition coefficient (Wildman–Crippen LogP) is 3.26. The lowest BCUT2D eigenvalue weighted by molar-refractivity contribution is 0.751. The number of hydrogen-bond acceptors (Lipinski definition) is 6. The van der Waals surface area contributed by atoms with Crippen molar-refractivity contribution in [2.24, 2.45) is 0 Å². The molecule has 0 atom stereocenters. The van der Waals surface area contributed by atoms with Crippen molar-refractivity contribution in [1.29, 1.82) is 10.5 Å². The maximum atomic E-state index is 16.1. The summed E-state index contributed by atoms with van der Waals surface area (Å²) < 4.78 is 32.2. The minimum Gasteiger partial charge on any atom is -0.244 e. The first kappa shape index (κ1) is 22.2. The Kier molecular flexibility index (Phi) is 5.34. The molecule has 0 aliphatic heterocycles. The summed E-state index contributed by atoms with van der Waals surface area (Å²) in [4.78, 5) is 22.5. The molecule has 0 radical (unpaired) electrons. The molecule has 8 nitrogen and oxygen atoms in total. The molecule has 0 saturated carbocycles. The van der Waals surface area contributed by atoms with Crippen molar-refractivity contribution in [3.63, 3.8) is 0 Å². The summed E-state index contributed by atoms with van der Waals surface area (Å²) in [5.74, 6) is -1.97. The Balaban J connectivity index is 2.08. The number of allylic oxidation sites excluding steroid dienone is 3. The highest BCUT2D eigenvalue weighted by Gasteiger charge is 2.36. The third kappa shape index (κ3) is 3.15. The van der Waals surface area contributed by atoms with Crippen LogP contribution in [0.25, 0.3) is 43.6 Å². The number of halogens is 2. The molecule has 0 spiro atoms. The first-order valence-corrected chi connectivity index (χ1v) is 10.4. The smallest absolute Gasteiger partial charge is 0.244 e. The van der Waals surface area contributed by atoms with Gasteiger partial charge in [-0.05, 0) is 22.3 Å². The number of fused-ring (bicyclic) bond motifs is 2. The quantitative estimate of drug-likeness (QED) is 0.419. The second-order valence-corrected chi connectivity index (χ2v) is 7.80. The molecule has 3 aromatic rings. The Labute approximate surface area is 202 Å². The summed E-state index contributed by atoms with van der Waals surface area (Å²) in [7, 11) is 0. The Morgan fingerprint density at radius 2 is 1.17 bits per heavy atom. The van der Waals surface area contributed by atoms with Crippen LogP contribution < -0.4 is 10.4 Å². The fourth-order valence-corrected chi connectivity index (χ4v) is 4.69. The van der Waals surface area contributed by atoms with Gasteiger partial charge in [-0.15, -0.1) is 0 Å². The average molecular weight is 472 g/mol. The van der Waals surface area contributed by atoms with Crippen LogP contribution in [-0.2, 0) is 12.8 Å². The maximum Gasteiger partial charge on any atom is 0.525 e. The first-order valence-electron chi connectivity index (χ1n) is 10.4. The van der Waals surface area contributed by atoms with Crippen molar-refractivity contribution in [3.05, 3.63) is 104 Å². The van der Waals surface area contributed by atoms with E-state index in [9.17, 15) is 10.5 Å². The lowest BCUT2D eigenvalue weighted by Gasteiger charge is -2.14. The largest absolute Gasteiger partial charge is 0.525 e. The molecule has 36 heavy (non-hydrogen) atoms. The molecule has 0 unspecified atom stereocenters. The van der Waals surface area contributed by atoms with Gasteiger partial charge >= 0.3 is 5.82 Å². The van der Waals surface area contributed by atoms with Crippen LogP contribution in [0.5, 0.6) is 0 Å². The average Bonchev–Trinajstić information content (AvgIpc) is 3.43. The summed E-state index contributed by atoms with van der Waals surface area (Å²) >= 11 is 0. The van der Waals surface area contributed by atoms with Crippen LogP contribution >= 0.6 is 0 Å². The van der Waals surface area contributed by atoms with Gasteiger partial charge in [0.25, 0.3) is 0 Å². The third-order valence-corrected chi connectivity index (χ3v) is 6.09. The molecule has 0 amide bonds. The highest BCUT2D eigenvalue weighted by molar-refractivity contribution is 5.89. The SMILES string of the molecule is [C-]#[N+]C([N+]#[C-])=C1Cc2c(-c3cncnc3)c3c(c(-c4cncnc4)c2=C1F)CC(=C(C#N)C#N)C=3F. The minimum absolute atomic E-state index is 0.0848. The van der Waals surface area contributed by atoms with Crippen molar-refractivity contribution in [2.45, 2.75) is 12.8 Å². The summed E-state index contributed by atoms with van der Waals surface area (Å²) in [6, 6.07) is 3.47. The van der Waals surface area contributed by atoms with Crippen molar-refractivity contribution in [1.82, 2.24) is 19.9 Å². The number of rotatable bonds is 2. The topological polar surface area (TPSA) is 108 Å². The van der Waals surface area contributed by atoms with Crippen LogP contribution in [0.3, 0.4) is 0 Å². The third-order valence-electron chi connectivity index (χ3n) is 6.09. The molecule has 10 heteroatoms. The Morgan fingerprint density at radius 3 is 1.58 bits per heavy atom. The summed E-state index contributed by atoms with van der Waals surface area (Å²) in [6.45, 7) is 14.7. The Morgan fingerprint density at radius 1 is 0.750 bits per heavy atom. The van der Waals surface area contributed by atoms with E-state index >= 15 is 8.78 Å². The molecule has 1 aromatic carbocycles. The normalized spacial score (nSPS) is 13.3. The van der Waals surface area contributed by atoms with Gasteiger partial charge in [-0.3, -0.25) is 0 Å². The van der Waals surface area contributed by atoms with Gasteiger partial charge in [0.2, 0.25) is 0 Å². The number of nitrogens with zero attached hydrogens (tertiary/aromatic N) is 8. The molecule has 0 fully saturated rings. The van der Waals surface area contributed by atoms with Crippen molar-refractivity contribution in [2.75, 3.05) is 0 Å². The van der Waals surface area contributed by atoms with Gasteiger partial charge in [0.15, 0.2) is 0 Å². The number of aromatic nitrogens is 4. The van der Waals surface area contributed by atoms with E-state index < -0.39 is 17.5 Å². The zero-order valence-corrected chi connectivity index (χ0v) is 18.2. The van der Waals surface area contributed by atoms with E-state index in [-0.39, 0.29) is 51.1 Å². The molecule has 168 valence electrons. The minimum atomic E-state index is -0.781. The summed E-state index contributed by atoms with van der Waals surface area (Å²) in [5, 5.41) is 19.0. The molecule has 2 aliphatic carbocycles. The molecule has 0 bridgehead atoms. The molecule has 0 N–H and O–H groups in total. The molecule has 5 rings (SSSR count). The van der Waals surface area contributed by atoms with Crippen LogP contribution in [0.2, 0.25) is 0 Å². The van der Waals surface area contributed by atoms with Gasteiger partial charge in [-0.2, -0.15) is 20.2 Å². The van der Waals surface area contributed by atoms with Gasteiger partial charge in [0.1, 0.15) is 55.2 Å². The lowest BCUT2D eigenvalue weighted by atomic mass is 9.88. The first-order chi connectivity index (χ1) is 17.5. The van der Waals surface area contributed by atoms with Crippen LogP contribution in [0.1, 0.15) is 11.1 Å². The Hall–Kier alpha value is -5.58. The zero-order chi connectivity index (χ0) is 25.4. The second-order valence-electron chi connectivity index (χ2n) is 7.80. The maximum absolute atomic E-state index is 16.1. The summed E-state index contributed by atoms with van der Waals surface area (Å²) in [6.07, 6.45) is 8.08. The molecule has 2 aromatic heterocycles. The van der Waals surface area contributed by atoms with Gasteiger partial charge in [-0.1, -0.05) is 0 Å². The van der Waals surface area contributed by atoms with E-state index in [2.05, 4.69) is 29.6 Å². The van der Waals surface area contributed by atoms with Crippen molar-refractivity contribution >= 4 is 11.7 Å². The monoisotopic (exact) mass is 472 g/mol. The zero-order valence-electron chi connectivity index (χ0n) is 18.2. The van der Waals surface area contributed by atoms with E-state index in [1.807, 2.05) is 0 Å². The molecule has 2 heterocycles. The van der Waals surface area contributed by atoms with Crippen LogP contribution in [0, 0.1) is 35.8 Å². The summed E-state index contributed by atoms with van der Waals surface area (Å²) in [5.41, 5.74) is 1.42.